The Labute approximate surface area is 285 Å². The summed E-state index contributed by atoms with van der Waals surface area (Å²) in [6, 6.07) is 22.4. The zero-order valence-electron chi connectivity index (χ0n) is 27.4. The van der Waals surface area contributed by atoms with Gasteiger partial charge in [-0.3, -0.25) is 13.9 Å². The maximum absolute atomic E-state index is 14.6. The van der Waals surface area contributed by atoms with E-state index in [4.69, 9.17) is 9.47 Å². The van der Waals surface area contributed by atoms with E-state index in [1.807, 2.05) is 30.3 Å². The van der Waals surface area contributed by atoms with Gasteiger partial charge in [0.05, 0.1) is 24.8 Å². The number of hydrogen-bond donors (Lipinski definition) is 1. The largest absolute Gasteiger partial charge is 0.493 e. The molecule has 9 nitrogen and oxygen atoms in total. The van der Waals surface area contributed by atoms with E-state index in [9.17, 15) is 26.8 Å². The molecule has 4 aromatic carbocycles. The maximum atomic E-state index is 14.6. The average Bonchev–Trinajstić information content (AvgIpc) is 3.63. The molecule has 1 aliphatic rings. The van der Waals surface area contributed by atoms with Crippen LogP contribution in [-0.2, 0) is 32.6 Å². The van der Waals surface area contributed by atoms with Crippen LogP contribution in [0.1, 0.15) is 36.8 Å². The zero-order chi connectivity index (χ0) is 35.0. The van der Waals surface area contributed by atoms with Crippen molar-refractivity contribution in [2.75, 3.05) is 25.1 Å². The van der Waals surface area contributed by atoms with Gasteiger partial charge in [0, 0.05) is 25.1 Å². The zero-order valence-corrected chi connectivity index (χ0v) is 28.2. The number of ether oxygens (including phenoxy) is 2. The van der Waals surface area contributed by atoms with E-state index in [1.54, 1.807) is 0 Å². The predicted octanol–water partition coefficient (Wildman–Crippen LogP) is 5.88. The van der Waals surface area contributed by atoms with Crippen molar-refractivity contribution < 1.29 is 36.3 Å². The standard InChI is InChI=1S/C37H39F2N3O6S/c1-47-34-21-20-32(23-35(34)48-2)49(45,46)42(31-18-16-29(39)17-19-31)25-36(43)41(24-27-12-14-28(38)15-13-27)33(22-26-8-4-3-5-9-26)37(44)40-30-10-6-7-11-30/h3-5,8-9,12-21,23,30,33H,6-7,10-11,22,24-25H2,1-2H3,(H,40,44)/t33-/m1/s1. The summed E-state index contributed by atoms with van der Waals surface area (Å²) in [7, 11) is -1.69. The maximum Gasteiger partial charge on any atom is 0.264 e. The van der Waals surface area contributed by atoms with Crippen LogP contribution in [0.2, 0.25) is 0 Å². The van der Waals surface area contributed by atoms with Crippen molar-refractivity contribution in [3.8, 4) is 11.5 Å². The number of rotatable bonds is 14. The summed E-state index contributed by atoms with van der Waals surface area (Å²) < 4.78 is 68.0. The fraction of sp³-hybridized carbons (Fsp3) is 0.297. The molecule has 1 saturated carbocycles. The highest BCUT2D eigenvalue weighted by atomic mass is 32.2. The molecule has 5 rings (SSSR count). The molecule has 1 aliphatic carbocycles. The molecule has 1 atom stereocenters. The topological polar surface area (TPSA) is 105 Å². The number of sulfonamides is 1. The monoisotopic (exact) mass is 691 g/mol. The second-order valence-corrected chi connectivity index (χ2v) is 13.7. The van der Waals surface area contributed by atoms with Gasteiger partial charge >= 0.3 is 0 Å². The summed E-state index contributed by atoms with van der Waals surface area (Å²) in [6.07, 6.45) is 3.74. The lowest BCUT2D eigenvalue weighted by Gasteiger charge is -2.34. The Morgan fingerprint density at radius 2 is 1.43 bits per heavy atom. The summed E-state index contributed by atoms with van der Waals surface area (Å²) >= 11 is 0. The third kappa shape index (κ3) is 8.74. The Balaban J connectivity index is 1.57. The molecule has 12 heteroatoms. The molecule has 0 bridgehead atoms. The quantitative estimate of drug-likeness (QED) is 0.177. The smallest absolute Gasteiger partial charge is 0.264 e. The highest BCUT2D eigenvalue weighted by Crippen LogP contribution is 2.32. The molecule has 1 N–H and O–H groups in total. The predicted molar refractivity (Wildman–Crippen MR) is 182 cm³/mol. The minimum atomic E-state index is -4.48. The highest BCUT2D eigenvalue weighted by molar-refractivity contribution is 7.92. The second kappa shape index (κ2) is 16.0. The molecular formula is C37H39F2N3O6S. The van der Waals surface area contributed by atoms with Gasteiger partial charge in [-0.15, -0.1) is 0 Å². The SMILES string of the molecule is COc1ccc(S(=O)(=O)N(CC(=O)N(Cc2ccc(F)cc2)[C@H](Cc2ccccc2)C(=O)NC2CCCC2)c2ccc(F)cc2)cc1OC. The van der Waals surface area contributed by atoms with Gasteiger partial charge in [-0.1, -0.05) is 55.3 Å². The Morgan fingerprint density at radius 3 is 2.04 bits per heavy atom. The number of nitrogens with zero attached hydrogens (tertiary/aromatic N) is 2. The summed E-state index contributed by atoms with van der Waals surface area (Å²) in [5, 5.41) is 3.11. The molecule has 49 heavy (non-hydrogen) atoms. The van der Waals surface area contributed by atoms with Crippen LogP contribution in [0, 0.1) is 11.6 Å². The minimum Gasteiger partial charge on any atom is -0.493 e. The summed E-state index contributed by atoms with van der Waals surface area (Å²) in [6.45, 7) is -0.839. The van der Waals surface area contributed by atoms with Gasteiger partial charge < -0.3 is 19.7 Å². The number of halogens is 2. The lowest BCUT2D eigenvalue weighted by atomic mass is 10.0. The molecule has 0 aromatic heterocycles. The molecule has 4 aromatic rings. The second-order valence-electron chi connectivity index (χ2n) is 11.8. The first-order valence-electron chi connectivity index (χ1n) is 16.0. The number of benzene rings is 4. The van der Waals surface area contributed by atoms with E-state index in [2.05, 4.69) is 5.32 Å². The lowest BCUT2D eigenvalue weighted by Crippen LogP contribution is -2.54. The third-order valence-electron chi connectivity index (χ3n) is 8.58. The van der Waals surface area contributed by atoms with Crippen LogP contribution in [0.5, 0.6) is 11.5 Å². The Hall–Kier alpha value is -4.97. The number of nitrogens with one attached hydrogen (secondary N) is 1. The highest BCUT2D eigenvalue weighted by Gasteiger charge is 2.36. The van der Waals surface area contributed by atoms with Crippen molar-refractivity contribution >= 4 is 27.5 Å². The van der Waals surface area contributed by atoms with E-state index in [0.717, 1.165) is 47.7 Å². The van der Waals surface area contributed by atoms with Crippen LogP contribution >= 0.6 is 0 Å². The summed E-state index contributed by atoms with van der Waals surface area (Å²) in [5.74, 6) is -1.68. The molecule has 0 aliphatic heterocycles. The van der Waals surface area contributed by atoms with E-state index in [0.29, 0.717) is 11.3 Å². The minimum absolute atomic E-state index is 0.0290. The molecule has 258 valence electrons. The molecule has 0 radical (unpaired) electrons. The molecule has 1 fully saturated rings. The number of amides is 2. The fourth-order valence-corrected chi connectivity index (χ4v) is 7.38. The van der Waals surface area contributed by atoms with Gasteiger partial charge in [-0.25, -0.2) is 17.2 Å². The Morgan fingerprint density at radius 1 is 0.816 bits per heavy atom. The number of carbonyl (C=O) groups excluding carboxylic acids is 2. The van der Waals surface area contributed by atoms with Crippen LogP contribution in [0.15, 0.2) is 102 Å². The van der Waals surface area contributed by atoms with Gasteiger partial charge in [-0.05, 0) is 72.5 Å². The van der Waals surface area contributed by atoms with E-state index in [-0.39, 0.29) is 41.2 Å². The van der Waals surface area contributed by atoms with Crippen molar-refractivity contribution in [2.24, 2.45) is 0 Å². The van der Waals surface area contributed by atoms with Crippen molar-refractivity contribution in [3.05, 3.63) is 120 Å². The number of carbonyl (C=O) groups is 2. The molecule has 0 saturated heterocycles. The lowest BCUT2D eigenvalue weighted by molar-refractivity contribution is -0.140. The first kappa shape index (κ1) is 35.3. The molecule has 0 spiro atoms. The van der Waals surface area contributed by atoms with Crippen molar-refractivity contribution in [2.45, 2.75) is 55.6 Å². The Bertz CT molecular complexity index is 1830. The Kier molecular flexibility index (Phi) is 11.5. The van der Waals surface area contributed by atoms with Gasteiger partial charge in [0.15, 0.2) is 11.5 Å². The van der Waals surface area contributed by atoms with E-state index >= 15 is 0 Å². The van der Waals surface area contributed by atoms with Crippen LogP contribution in [0.3, 0.4) is 0 Å². The third-order valence-corrected chi connectivity index (χ3v) is 10.3. The first-order chi connectivity index (χ1) is 23.6. The van der Waals surface area contributed by atoms with Gasteiger partial charge in [0.1, 0.15) is 24.2 Å². The van der Waals surface area contributed by atoms with Crippen LogP contribution in [0.4, 0.5) is 14.5 Å². The summed E-state index contributed by atoms with van der Waals surface area (Å²) in [4.78, 5) is 29.8. The number of anilines is 1. The van der Waals surface area contributed by atoms with Crippen LogP contribution in [0.25, 0.3) is 0 Å². The average molecular weight is 692 g/mol. The van der Waals surface area contributed by atoms with Crippen LogP contribution < -0.4 is 19.1 Å². The summed E-state index contributed by atoms with van der Waals surface area (Å²) in [5.41, 5.74) is 1.36. The number of methoxy groups -OCH3 is 2. The van der Waals surface area contributed by atoms with E-state index < -0.39 is 40.2 Å². The molecule has 0 unspecified atom stereocenters. The van der Waals surface area contributed by atoms with Gasteiger partial charge in [-0.2, -0.15) is 0 Å². The molecule has 0 heterocycles. The van der Waals surface area contributed by atoms with Crippen molar-refractivity contribution in [3.63, 3.8) is 0 Å². The normalized spacial score (nSPS) is 13.8. The van der Waals surface area contributed by atoms with Gasteiger partial charge in [0.25, 0.3) is 10.0 Å². The van der Waals surface area contributed by atoms with Crippen molar-refractivity contribution in [1.29, 1.82) is 0 Å². The van der Waals surface area contributed by atoms with E-state index in [1.165, 1.54) is 73.7 Å². The van der Waals surface area contributed by atoms with Gasteiger partial charge in [0.2, 0.25) is 11.8 Å². The first-order valence-corrected chi connectivity index (χ1v) is 17.4. The fourth-order valence-electron chi connectivity index (χ4n) is 5.95. The van der Waals surface area contributed by atoms with Crippen molar-refractivity contribution in [1.82, 2.24) is 10.2 Å². The van der Waals surface area contributed by atoms with Crippen LogP contribution in [-0.4, -0.2) is 58.0 Å². The molecular weight excluding hydrogens is 652 g/mol. The number of hydrogen-bond acceptors (Lipinski definition) is 6. The molecule has 2 amide bonds.